The van der Waals surface area contributed by atoms with Crippen LogP contribution in [0.25, 0.3) is 11.1 Å². The first-order chi connectivity index (χ1) is 14.7. The summed E-state index contributed by atoms with van der Waals surface area (Å²) in [6.07, 6.45) is 0. The van der Waals surface area contributed by atoms with Crippen LogP contribution in [0.3, 0.4) is 0 Å². The van der Waals surface area contributed by atoms with Crippen LogP contribution in [0.5, 0.6) is 0 Å². The average Bonchev–Trinajstić information content (AvgIpc) is 2.79. The summed E-state index contributed by atoms with van der Waals surface area (Å²) in [6.45, 7) is 4.23. The summed E-state index contributed by atoms with van der Waals surface area (Å²) in [7, 11) is 0. The van der Waals surface area contributed by atoms with Gasteiger partial charge in [0.1, 0.15) is 0 Å². The van der Waals surface area contributed by atoms with E-state index in [1.54, 1.807) is 0 Å². The van der Waals surface area contributed by atoms with Crippen molar-refractivity contribution < 1.29 is 0 Å². The molecule has 0 heterocycles. The van der Waals surface area contributed by atoms with Crippen molar-refractivity contribution in [1.29, 1.82) is 0 Å². The maximum absolute atomic E-state index is 3.29. The zero-order chi connectivity index (χ0) is 20.8. The van der Waals surface area contributed by atoms with Gasteiger partial charge in [0.2, 0.25) is 0 Å². The van der Waals surface area contributed by atoms with E-state index in [9.17, 15) is 0 Å². The van der Waals surface area contributed by atoms with Crippen LogP contribution < -0.4 is 0 Å². The van der Waals surface area contributed by atoms with Crippen molar-refractivity contribution in [2.75, 3.05) is 0 Å². The Morgan fingerprint density at radius 1 is 0.433 bits per heavy atom. The van der Waals surface area contributed by atoms with Crippen molar-refractivity contribution in [3.8, 4) is 34.8 Å². The molecule has 0 radical (unpaired) electrons. The van der Waals surface area contributed by atoms with Crippen LogP contribution in [-0.2, 0) is 0 Å². The van der Waals surface area contributed by atoms with E-state index < -0.39 is 0 Å². The van der Waals surface area contributed by atoms with Gasteiger partial charge in [0.15, 0.2) is 0 Å². The van der Waals surface area contributed by atoms with E-state index in [0.29, 0.717) is 0 Å². The fourth-order valence-electron chi connectivity index (χ4n) is 3.29. The number of rotatable bonds is 1. The molecule has 0 aliphatic rings. The minimum absolute atomic E-state index is 1.03. The summed E-state index contributed by atoms with van der Waals surface area (Å²) in [4.78, 5) is 0. The maximum atomic E-state index is 3.29. The highest BCUT2D eigenvalue weighted by Crippen LogP contribution is 2.24. The van der Waals surface area contributed by atoms with Crippen LogP contribution in [0, 0.1) is 37.5 Å². The molecule has 0 atom stereocenters. The summed E-state index contributed by atoms with van der Waals surface area (Å²) in [6, 6.07) is 33.1. The predicted molar refractivity (Wildman–Crippen MR) is 126 cm³/mol. The second-order valence-electron chi connectivity index (χ2n) is 7.29. The van der Waals surface area contributed by atoms with E-state index in [1.807, 2.05) is 60.7 Å². The lowest BCUT2D eigenvalue weighted by atomic mass is 9.97. The third-order valence-electron chi connectivity index (χ3n) is 5.02. The Morgan fingerprint density at radius 3 is 1.20 bits per heavy atom. The topological polar surface area (TPSA) is 0 Å². The van der Waals surface area contributed by atoms with Gasteiger partial charge >= 0.3 is 0 Å². The predicted octanol–water partition coefficient (Wildman–Crippen LogP) is 6.77. The van der Waals surface area contributed by atoms with Crippen LogP contribution in [-0.4, -0.2) is 0 Å². The van der Waals surface area contributed by atoms with Crippen molar-refractivity contribution in [3.05, 3.63) is 130 Å². The lowest BCUT2D eigenvalue weighted by molar-refractivity contribution is 1.40. The zero-order valence-electron chi connectivity index (χ0n) is 17.2. The highest BCUT2D eigenvalue weighted by molar-refractivity contribution is 5.68. The van der Waals surface area contributed by atoms with E-state index in [4.69, 9.17) is 0 Å². The van der Waals surface area contributed by atoms with Gasteiger partial charge < -0.3 is 0 Å². The second-order valence-corrected chi connectivity index (χ2v) is 7.29. The molecule has 4 aromatic carbocycles. The molecule has 0 unspecified atom stereocenters. The molecule has 0 saturated carbocycles. The molecule has 0 aromatic heterocycles. The van der Waals surface area contributed by atoms with Gasteiger partial charge in [-0.15, -0.1) is 0 Å². The Hall–Kier alpha value is -4.00. The fraction of sp³-hybridized carbons (Fsp3) is 0.0667. The molecular weight excluding hydrogens is 360 g/mol. The maximum Gasteiger partial charge on any atom is 0.0278 e. The van der Waals surface area contributed by atoms with Gasteiger partial charge in [-0.1, -0.05) is 84.3 Å². The van der Waals surface area contributed by atoms with E-state index in [0.717, 1.165) is 22.3 Å². The minimum atomic E-state index is 1.03. The lowest BCUT2D eigenvalue weighted by Crippen LogP contribution is -1.88. The minimum Gasteiger partial charge on any atom is -0.0622 e. The molecular formula is C30H22. The van der Waals surface area contributed by atoms with Gasteiger partial charge in [-0.2, -0.15) is 0 Å². The molecule has 0 fully saturated rings. The molecule has 4 aromatic rings. The monoisotopic (exact) mass is 382 g/mol. The van der Waals surface area contributed by atoms with Crippen molar-refractivity contribution >= 4 is 0 Å². The Bertz CT molecular complexity index is 1180. The molecule has 4 rings (SSSR count). The third kappa shape index (κ3) is 4.70. The quantitative estimate of drug-likeness (QED) is 0.319. The molecule has 0 N–H and O–H groups in total. The van der Waals surface area contributed by atoms with Gasteiger partial charge in [0, 0.05) is 22.3 Å². The third-order valence-corrected chi connectivity index (χ3v) is 5.02. The van der Waals surface area contributed by atoms with Gasteiger partial charge in [0.05, 0.1) is 0 Å². The van der Waals surface area contributed by atoms with E-state index >= 15 is 0 Å². The van der Waals surface area contributed by atoms with Crippen LogP contribution in [0.4, 0.5) is 0 Å². The largest absolute Gasteiger partial charge is 0.0622 e. The lowest BCUT2D eigenvalue weighted by Gasteiger charge is -2.07. The normalized spacial score (nSPS) is 9.80. The molecule has 30 heavy (non-hydrogen) atoms. The summed E-state index contributed by atoms with van der Waals surface area (Å²) in [5, 5.41) is 0. The summed E-state index contributed by atoms with van der Waals surface area (Å²) in [5.41, 5.74) is 8.94. The number of hydrogen-bond acceptors (Lipinski definition) is 0. The number of benzene rings is 4. The van der Waals surface area contributed by atoms with Crippen LogP contribution in [0.15, 0.2) is 97.1 Å². The first-order valence-corrected chi connectivity index (χ1v) is 10.0. The molecule has 0 aliphatic carbocycles. The van der Waals surface area contributed by atoms with Crippen molar-refractivity contribution in [3.63, 3.8) is 0 Å². The van der Waals surface area contributed by atoms with Gasteiger partial charge in [-0.3, -0.25) is 0 Å². The molecule has 0 aliphatic heterocycles. The Kier molecular flexibility index (Phi) is 5.80. The van der Waals surface area contributed by atoms with Gasteiger partial charge in [0.25, 0.3) is 0 Å². The van der Waals surface area contributed by atoms with Crippen molar-refractivity contribution in [1.82, 2.24) is 0 Å². The molecule has 0 amide bonds. The summed E-state index contributed by atoms with van der Waals surface area (Å²) in [5.74, 6) is 13.1. The van der Waals surface area contributed by atoms with Crippen molar-refractivity contribution in [2.45, 2.75) is 13.8 Å². The molecule has 0 nitrogen and oxygen atoms in total. The van der Waals surface area contributed by atoms with E-state index in [1.165, 1.54) is 22.3 Å². The van der Waals surface area contributed by atoms with Crippen LogP contribution in [0.2, 0.25) is 0 Å². The average molecular weight is 383 g/mol. The second kappa shape index (κ2) is 9.00. The van der Waals surface area contributed by atoms with E-state index in [2.05, 4.69) is 73.9 Å². The van der Waals surface area contributed by atoms with Gasteiger partial charge in [-0.25, -0.2) is 0 Å². The van der Waals surface area contributed by atoms with E-state index in [-0.39, 0.29) is 0 Å². The summed E-state index contributed by atoms with van der Waals surface area (Å²) >= 11 is 0. The van der Waals surface area contributed by atoms with Gasteiger partial charge in [-0.05, 0) is 72.5 Å². The van der Waals surface area contributed by atoms with Crippen molar-refractivity contribution in [2.24, 2.45) is 0 Å². The Morgan fingerprint density at radius 2 is 0.833 bits per heavy atom. The highest BCUT2D eigenvalue weighted by atomic mass is 14.1. The summed E-state index contributed by atoms with van der Waals surface area (Å²) < 4.78 is 0. The standard InChI is InChI=1S/C30H22/c1-23-21-29(19-17-27(23)15-13-25-9-5-3-6-10-25)30-20-18-28(24(2)22-30)16-14-26-11-7-4-8-12-26/h3-12,17-22H,1-2H3. The highest BCUT2D eigenvalue weighted by Gasteiger charge is 2.03. The Labute approximate surface area is 179 Å². The molecule has 0 bridgehead atoms. The van der Waals surface area contributed by atoms with Crippen LogP contribution >= 0.6 is 0 Å². The number of hydrogen-bond donors (Lipinski definition) is 0. The molecule has 142 valence electrons. The molecule has 0 heteroatoms. The zero-order valence-corrected chi connectivity index (χ0v) is 17.2. The Balaban J connectivity index is 1.57. The number of aryl methyl sites for hydroxylation is 2. The first kappa shape index (κ1) is 19.3. The smallest absolute Gasteiger partial charge is 0.0278 e. The molecule has 0 saturated heterocycles. The SMILES string of the molecule is Cc1cc(-c2ccc(C#Cc3ccccc3)c(C)c2)ccc1C#Cc1ccccc1. The van der Waals surface area contributed by atoms with Crippen LogP contribution in [0.1, 0.15) is 33.4 Å². The fourth-order valence-corrected chi connectivity index (χ4v) is 3.29. The molecule has 0 spiro atoms. The first-order valence-electron chi connectivity index (χ1n) is 10.0.